The first-order valence-electron chi connectivity index (χ1n) is 9.23. The summed E-state index contributed by atoms with van der Waals surface area (Å²) in [5.74, 6) is 1.20. The number of carbonyl (C=O) groups excluding carboxylic acids is 1. The Balaban J connectivity index is 1.49. The Morgan fingerprint density at radius 3 is 2.52 bits per heavy atom. The van der Waals surface area contributed by atoms with Crippen LogP contribution in [0.1, 0.15) is 34.6 Å². The van der Waals surface area contributed by atoms with E-state index in [1.807, 2.05) is 53.4 Å². The van der Waals surface area contributed by atoms with E-state index in [9.17, 15) is 9.90 Å². The molecule has 1 aliphatic heterocycles. The Morgan fingerprint density at radius 1 is 1.04 bits per heavy atom. The summed E-state index contributed by atoms with van der Waals surface area (Å²) in [6.07, 6.45) is 2.19. The average Bonchev–Trinajstić information content (AvgIpc) is 3.26. The monoisotopic (exact) mass is 362 g/mol. The second-order valence-electron chi connectivity index (χ2n) is 6.71. The highest BCUT2D eigenvalue weighted by Crippen LogP contribution is 2.21. The third-order valence-electron chi connectivity index (χ3n) is 4.85. The normalized spacial score (nSPS) is 13.9. The number of benzene rings is 2. The average molecular weight is 362 g/mol. The summed E-state index contributed by atoms with van der Waals surface area (Å²) in [7, 11) is 0. The van der Waals surface area contributed by atoms with Crippen molar-refractivity contribution in [1.29, 1.82) is 0 Å². The maximum atomic E-state index is 12.4. The Kier molecular flexibility index (Phi) is 4.98. The van der Waals surface area contributed by atoms with Gasteiger partial charge in [-0.15, -0.1) is 0 Å². The van der Waals surface area contributed by atoms with Crippen LogP contribution >= 0.6 is 0 Å². The Hall–Kier alpha value is -2.99. The van der Waals surface area contributed by atoms with E-state index < -0.39 is 0 Å². The maximum Gasteiger partial charge on any atom is 0.253 e. The van der Waals surface area contributed by atoms with E-state index >= 15 is 0 Å². The summed E-state index contributed by atoms with van der Waals surface area (Å²) in [6, 6.07) is 15.4. The van der Waals surface area contributed by atoms with Crippen LogP contribution in [0.5, 0.6) is 0 Å². The van der Waals surface area contributed by atoms with Crippen LogP contribution in [0.3, 0.4) is 0 Å². The van der Waals surface area contributed by atoms with E-state index in [2.05, 4.69) is 15.3 Å². The molecule has 2 heterocycles. The molecule has 1 saturated heterocycles. The van der Waals surface area contributed by atoms with Gasteiger partial charge in [0.2, 0.25) is 0 Å². The van der Waals surface area contributed by atoms with E-state index in [0.717, 1.165) is 48.0 Å². The third kappa shape index (κ3) is 3.75. The lowest BCUT2D eigenvalue weighted by Crippen LogP contribution is -2.27. The van der Waals surface area contributed by atoms with Crippen LogP contribution in [0.15, 0.2) is 48.5 Å². The second-order valence-corrected chi connectivity index (χ2v) is 6.71. The van der Waals surface area contributed by atoms with Crippen molar-refractivity contribution in [1.82, 2.24) is 14.9 Å². The number of amides is 1. The van der Waals surface area contributed by atoms with Crippen molar-refractivity contribution in [3.8, 4) is 0 Å². The van der Waals surface area contributed by atoms with Crippen LogP contribution in [0.2, 0.25) is 0 Å². The van der Waals surface area contributed by atoms with Gasteiger partial charge in [0.05, 0.1) is 5.52 Å². The molecule has 6 heteroatoms. The molecule has 0 spiro atoms. The van der Waals surface area contributed by atoms with E-state index in [-0.39, 0.29) is 12.5 Å². The molecule has 2 N–H and O–H groups in total. The van der Waals surface area contributed by atoms with Crippen molar-refractivity contribution in [2.45, 2.75) is 26.0 Å². The lowest BCUT2D eigenvalue weighted by Gasteiger charge is -2.15. The highest BCUT2D eigenvalue weighted by atomic mass is 16.3. The number of rotatable bonds is 5. The van der Waals surface area contributed by atoms with Gasteiger partial charge in [0.1, 0.15) is 12.4 Å². The molecular weight excluding hydrogens is 340 g/mol. The Bertz CT molecular complexity index is 950. The van der Waals surface area contributed by atoms with Crippen LogP contribution in [0, 0.1) is 0 Å². The van der Waals surface area contributed by atoms with Crippen molar-refractivity contribution >= 4 is 22.6 Å². The summed E-state index contributed by atoms with van der Waals surface area (Å²) in [5, 5.41) is 13.6. The molecule has 0 aliphatic carbocycles. The van der Waals surface area contributed by atoms with Gasteiger partial charge in [0, 0.05) is 30.6 Å². The number of hydrogen-bond acceptors (Lipinski definition) is 5. The van der Waals surface area contributed by atoms with Crippen molar-refractivity contribution in [2.24, 2.45) is 0 Å². The van der Waals surface area contributed by atoms with E-state index in [4.69, 9.17) is 0 Å². The number of anilines is 1. The van der Waals surface area contributed by atoms with Gasteiger partial charge >= 0.3 is 0 Å². The number of hydrogen-bond donors (Lipinski definition) is 2. The van der Waals surface area contributed by atoms with E-state index in [1.54, 1.807) is 0 Å². The van der Waals surface area contributed by atoms with Crippen molar-refractivity contribution in [3.05, 3.63) is 65.5 Å². The topological polar surface area (TPSA) is 78.3 Å². The molecule has 27 heavy (non-hydrogen) atoms. The molecule has 0 saturated carbocycles. The summed E-state index contributed by atoms with van der Waals surface area (Å²) >= 11 is 0. The highest BCUT2D eigenvalue weighted by molar-refractivity contribution is 5.94. The fourth-order valence-corrected chi connectivity index (χ4v) is 3.38. The molecule has 0 unspecified atom stereocenters. The van der Waals surface area contributed by atoms with Gasteiger partial charge in [-0.25, -0.2) is 9.97 Å². The van der Waals surface area contributed by atoms with Gasteiger partial charge in [-0.1, -0.05) is 24.3 Å². The summed E-state index contributed by atoms with van der Waals surface area (Å²) < 4.78 is 0. The SMILES string of the molecule is O=C(c1ccc(CNc2nc(CO)nc3ccccc23)cc1)N1CCCC1. The van der Waals surface area contributed by atoms with E-state index in [0.29, 0.717) is 18.2 Å². The minimum absolute atomic E-state index is 0.112. The quantitative estimate of drug-likeness (QED) is 0.730. The number of likely N-dealkylation sites (tertiary alicyclic amines) is 1. The van der Waals surface area contributed by atoms with Gasteiger partial charge in [-0.3, -0.25) is 4.79 Å². The minimum Gasteiger partial charge on any atom is -0.388 e. The molecule has 2 aromatic carbocycles. The summed E-state index contributed by atoms with van der Waals surface area (Å²) in [6.45, 7) is 2.09. The first-order valence-corrected chi connectivity index (χ1v) is 9.23. The maximum absolute atomic E-state index is 12.4. The molecule has 0 atom stereocenters. The minimum atomic E-state index is -0.202. The highest BCUT2D eigenvalue weighted by Gasteiger charge is 2.19. The molecule has 0 bridgehead atoms. The van der Waals surface area contributed by atoms with E-state index in [1.165, 1.54) is 0 Å². The van der Waals surface area contributed by atoms with Gasteiger partial charge in [0.15, 0.2) is 5.82 Å². The Labute approximate surface area is 157 Å². The zero-order chi connectivity index (χ0) is 18.6. The molecule has 1 amide bonds. The number of nitrogens with zero attached hydrogens (tertiary/aromatic N) is 3. The van der Waals surface area contributed by atoms with Crippen molar-refractivity contribution < 1.29 is 9.90 Å². The molecule has 138 valence electrons. The molecule has 0 radical (unpaired) electrons. The smallest absolute Gasteiger partial charge is 0.253 e. The number of para-hydroxylation sites is 1. The zero-order valence-electron chi connectivity index (χ0n) is 15.1. The molecule has 1 aliphatic rings. The lowest BCUT2D eigenvalue weighted by molar-refractivity contribution is 0.0793. The van der Waals surface area contributed by atoms with Gasteiger partial charge in [0.25, 0.3) is 5.91 Å². The predicted molar refractivity (Wildman–Crippen MR) is 104 cm³/mol. The predicted octanol–water partition coefficient (Wildman–Crippen LogP) is 2.97. The number of fused-ring (bicyclic) bond motifs is 1. The summed E-state index contributed by atoms with van der Waals surface area (Å²) in [4.78, 5) is 23.1. The van der Waals surface area contributed by atoms with Gasteiger partial charge in [-0.05, 0) is 42.7 Å². The molecule has 4 rings (SSSR count). The first kappa shape index (κ1) is 17.4. The number of aliphatic hydroxyl groups excluding tert-OH is 1. The lowest BCUT2D eigenvalue weighted by atomic mass is 10.1. The molecule has 6 nitrogen and oxygen atoms in total. The van der Waals surface area contributed by atoms with Crippen LogP contribution in [-0.2, 0) is 13.2 Å². The first-order chi connectivity index (χ1) is 13.2. The van der Waals surface area contributed by atoms with Gasteiger partial charge in [-0.2, -0.15) is 0 Å². The number of aliphatic hydroxyl groups is 1. The van der Waals surface area contributed by atoms with Gasteiger partial charge < -0.3 is 15.3 Å². The Morgan fingerprint density at radius 2 is 1.78 bits per heavy atom. The van der Waals surface area contributed by atoms with Crippen LogP contribution in [0.25, 0.3) is 10.9 Å². The van der Waals surface area contributed by atoms with Crippen LogP contribution < -0.4 is 5.32 Å². The molecular formula is C21H22N4O2. The second kappa shape index (κ2) is 7.72. The summed E-state index contributed by atoms with van der Waals surface area (Å²) in [5.41, 5.74) is 2.59. The largest absolute Gasteiger partial charge is 0.388 e. The van der Waals surface area contributed by atoms with Crippen molar-refractivity contribution in [2.75, 3.05) is 18.4 Å². The van der Waals surface area contributed by atoms with Crippen molar-refractivity contribution in [3.63, 3.8) is 0 Å². The zero-order valence-corrected chi connectivity index (χ0v) is 15.1. The molecule has 3 aromatic rings. The number of carbonyl (C=O) groups is 1. The number of aromatic nitrogens is 2. The standard InChI is InChI=1S/C21H22N4O2/c26-14-19-23-18-6-2-1-5-17(18)20(24-19)22-13-15-7-9-16(10-8-15)21(27)25-11-3-4-12-25/h1-2,5-10,26H,3-4,11-14H2,(H,22,23,24). The number of nitrogens with one attached hydrogen (secondary N) is 1. The third-order valence-corrected chi connectivity index (χ3v) is 4.85. The molecule has 1 aromatic heterocycles. The fraction of sp³-hybridized carbons (Fsp3) is 0.286. The van der Waals surface area contributed by atoms with Crippen LogP contribution in [0.4, 0.5) is 5.82 Å². The molecule has 1 fully saturated rings. The fourth-order valence-electron chi connectivity index (χ4n) is 3.38. The van der Waals surface area contributed by atoms with Crippen LogP contribution in [-0.4, -0.2) is 39.0 Å².